The van der Waals surface area contributed by atoms with Crippen LogP contribution in [-0.2, 0) is 0 Å². The van der Waals surface area contributed by atoms with E-state index in [9.17, 15) is 4.79 Å². The van der Waals surface area contributed by atoms with Gasteiger partial charge in [0.05, 0.1) is 26.5 Å². The molecule has 1 aromatic carbocycles. The van der Waals surface area contributed by atoms with Crippen LogP contribution in [0.1, 0.15) is 35.1 Å². The van der Waals surface area contributed by atoms with Gasteiger partial charge in [-0.2, -0.15) is 4.98 Å². The maximum atomic E-state index is 13.1. The Bertz CT molecular complexity index is 992. The molecule has 1 fully saturated rings. The van der Waals surface area contributed by atoms with Gasteiger partial charge in [0.25, 0.3) is 5.91 Å². The van der Waals surface area contributed by atoms with Crippen LogP contribution < -0.4 is 9.47 Å². The fraction of sp³-hybridized carbons (Fsp3) is 0.421. The standard InChI is InChI=1S/C19H22N6O4/c1-12-20-18(22-29-12)17-11-25(23-21-17)14-5-4-6-24(10-14)19(26)13-7-15(27-2)9-16(8-13)28-3/h7-9,11,14H,4-6,10H2,1-3H3/t14-/m0/s1. The normalized spacial score (nSPS) is 16.7. The van der Waals surface area contributed by atoms with Gasteiger partial charge in [-0.05, 0) is 25.0 Å². The van der Waals surface area contributed by atoms with E-state index >= 15 is 0 Å². The Morgan fingerprint density at radius 3 is 2.62 bits per heavy atom. The van der Waals surface area contributed by atoms with E-state index in [4.69, 9.17) is 14.0 Å². The molecule has 3 heterocycles. The number of hydrogen-bond donors (Lipinski definition) is 0. The Hall–Kier alpha value is -3.43. The summed E-state index contributed by atoms with van der Waals surface area (Å²) in [6.45, 7) is 2.94. The Kier molecular flexibility index (Phi) is 5.15. The summed E-state index contributed by atoms with van der Waals surface area (Å²) in [5.41, 5.74) is 1.08. The average molecular weight is 398 g/mol. The lowest BCUT2D eigenvalue weighted by atomic mass is 10.0. The SMILES string of the molecule is COc1cc(OC)cc(C(=O)N2CCC[C@H](n3cc(-c4noc(C)n4)nn3)C2)c1. The largest absolute Gasteiger partial charge is 0.497 e. The summed E-state index contributed by atoms with van der Waals surface area (Å²) in [6.07, 6.45) is 3.56. The highest BCUT2D eigenvalue weighted by atomic mass is 16.5. The number of benzene rings is 1. The number of carbonyl (C=O) groups excluding carboxylic acids is 1. The van der Waals surface area contributed by atoms with E-state index in [1.54, 1.807) is 50.2 Å². The lowest BCUT2D eigenvalue weighted by Gasteiger charge is -2.32. The first-order valence-electron chi connectivity index (χ1n) is 9.32. The summed E-state index contributed by atoms with van der Waals surface area (Å²) in [5, 5.41) is 12.2. The van der Waals surface area contributed by atoms with Crippen molar-refractivity contribution in [3.05, 3.63) is 35.9 Å². The second kappa shape index (κ2) is 7.90. The smallest absolute Gasteiger partial charge is 0.254 e. The molecular formula is C19H22N6O4. The number of aryl methyl sites for hydroxylation is 1. The van der Waals surface area contributed by atoms with Gasteiger partial charge in [-0.15, -0.1) is 5.10 Å². The molecule has 10 nitrogen and oxygen atoms in total. The van der Waals surface area contributed by atoms with Gasteiger partial charge in [0, 0.05) is 31.6 Å². The van der Waals surface area contributed by atoms with Crippen LogP contribution in [0.2, 0.25) is 0 Å². The molecule has 1 saturated heterocycles. The van der Waals surface area contributed by atoms with Crippen LogP contribution in [0.4, 0.5) is 0 Å². The van der Waals surface area contributed by atoms with Crippen molar-refractivity contribution in [2.45, 2.75) is 25.8 Å². The number of ether oxygens (including phenoxy) is 2. The van der Waals surface area contributed by atoms with Crippen molar-refractivity contribution in [1.29, 1.82) is 0 Å². The minimum absolute atomic E-state index is 0.0226. The molecule has 0 N–H and O–H groups in total. The molecule has 1 amide bonds. The zero-order chi connectivity index (χ0) is 20.4. The first-order chi connectivity index (χ1) is 14.1. The zero-order valence-corrected chi connectivity index (χ0v) is 16.5. The molecule has 10 heteroatoms. The molecule has 3 aromatic rings. The van der Waals surface area contributed by atoms with Gasteiger partial charge < -0.3 is 18.9 Å². The van der Waals surface area contributed by atoms with Gasteiger partial charge in [-0.25, -0.2) is 4.68 Å². The molecule has 0 aliphatic carbocycles. The fourth-order valence-electron chi connectivity index (χ4n) is 3.43. The van der Waals surface area contributed by atoms with E-state index in [0.717, 1.165) is 12.8 Å². The Balaban J connectivity index is 1.51. The average Bonchev–Trinajstić information content (AvgIpc) is 3.42. The van der Waals surface area contributed by atoms with Gasteiger partial charge >= 0.3 is 0 Å². The highest BCUT2D eigenvalue weighted by molar-refractivity contribution is 5.95. The van der Waals surface area contributed by atoms with Gasteiger partial charge in [-0.1, -0.05) is 10.4 Å². The number of hydrogen-bond acceptors (Lipinski definition) is 8. The Labute approximate surface area is 167 Å². The summed E-state index contributed by atoms with van der Waals surface area (Å²) >= 11 is 0. The van der Waals surface area contributed by atoms with Gasteiger partial charge in [0.1, 0.15) is 11.5 Å². The highest BCUT2D eigenvalue weighted by Crippen LogP contribution is 2.27. The van der Waals surface area contributed by atoms with Gasteiger partial charge in [0.2, 0.25) is 11.7 Å². The van der Waals surface area contributed by atoms with Crippen molar-refractivity contribution in [2.24, 2.45) is 0 Å². The minimum Gasteiger partial charge on any atom is -0.497 e. The topological polar surface area (TPSA) is 108 Å². The van der Waals surface area contributed by atoms with E-state index in [0.29, 0.717) is 47.6 Å². The third-order valence-electron chi connectivity index (χ3n) is 4.92. The molecule has 0 bridgehead atoms. The monoisotopic (exact) mass is 398 g/mol. The first-order valence-corrected chi connectivity index (χ1v) is 9.32. The fourth-order valence-corrected chi connectivity index (χ4v) is 3.43. The van der Waals surface area contributed by atoms with Crippen LogP contribution in [0.3, 0.4) is 0 Å². The molecule has 0 unspecified atom stereocenters. The third kappa shape index (κ3) is 3.91. The highest BCUT2D eigenvalue weighted by Gasteiger charge is 2.27. The van der Waals surface area contributed by atoms with Crippen LogP contribution in [0, 0.1) is 6.92 Å². The molecule has 1 aliphatic rings. The number of carbonyl (C=O) groups is 1. The number of aromatic nitrogens is 5. The van der Waals surface area contributed by atoms with Gasteiger partial charge in [-0.3, -0.25) is 4.79 Å². The van der Waals surface area contributed by atoms with Crippen molar-refractivity contribution in [3.8, 4) is 23.0 Å². The number of methoxy groups -OCH3 is 2. The van der Waals surface area contributed by atoms with Crippen molar-refractivity contribution in [3.63, 3.8) is 0 Å². The molecule has 29 heavy (non-hydrogen) atoms. The van der Waals surface area contributed by atoms with Crippen molar-refractivity contribution in [2.75, 3.05) is 27.3 Å². The summed E-state index contributed by atoms with van der Waals surface area (Å²) in [6, 6.07) is 5.21. The van der Waals surface area contributed by atoms with E-state index in [1.165, 1.54) is 0 Å². The van der Waals surface area contributed by atoms with Crippen LogP contribution in [0.5, 0.6) is 11.5 Å². The summed E-state index contributed by atoms with van der Waals surface area (Å²) in [7, 11) is 3.13. The molecule has 1 atom stereocenters. The molecule has 4 rings (SSSR count). The van der Waals surface area contributed by atoms with Crippen LogP contribution in [-0.4, -0.2) is 63.3 Å². The maximum absolute atomic E-state index is 13.1. The van der Waals surface area contributed by atoms with E-state index in [2.05, 4.69) is 20.5 Å². The van der Waals surface area contributed by atoms with Crippen LogP contribution in [0.25, 0.3) is 11.5 Å². The molecular weight excluding hydrogens is 376 g/mol. The predicted molar refractivity (Wildman–Crippen MR) is 102 cm³/mol. The molecule has 152 valence electrons. The molecule has 0 spiro atoms. The Morgan fingerprint density at radius 2 is 1.97 bits per heavy atom. The molecule has 0 radical (unpaired) electrons. The minimum atomic E-state index is -0.0685. The zero-order valence-electron chi connectivity index (χ0n) is 16.5. The lowest BCUT2D eigenvalue weighted by molar-refractivity contribution is 0.0671. The van der Waals surface area contributed by atoms with Crippen LogP contribution in [0.15, 0.2) is 28.9 Å². The number of nitrogens with zero attached hydrogens (tertiary/aromatic N) is 6. The maximum Gasteiger partial charge on any atom is 0.254 e. The lowest BCUT2D eigenvalue weighted by Crippen LogP contribution is -2.40. The molecule has 1 aliphatic heterocycles. The third-order valence-corrected chi connectivity index (χ3v) is 4.92. The van der Waals surface area contributed by atoms with Gasteiger partial charge in [0.15, 0.2) is 5.69 Å². The number of piperidine rings is 1. The number of rotatable bonds is 5. The van der Waals surface area contributed by atoms with E-state index in [1.807, 2.05) is 4.90 Å². The van der Waals surface area contributed by atoms with E-state index < -0.39 is 0 Å². The van der Waals surface area contributed by atoms with Crippen molar-refractivity contribution >= 4 is 5.91 Å². The number of amides is 1. The quantitative estimate of drug-likeness (QED) is 0.643. The van der Waals surface area contributed by atoms with Crippen molar-refractivity contribution in [1.82, 2.24) is 30.0 Å². The Morgan fingerprint density at radius 1 is 1.21 bits per heavy atom. The molecule has 0 saturated carbocycles. The summed E-state index contributed by atoms with van der Waals surface area (Å²) in [5.74, 6) is 1.97. The second-order valence-electron chi connectivity index (χ2n) is 6.87. The molecule has 2 aromatic heterocycles. The van der Waals surface area contributed by atoms with E-state index in [-0.39, 0.29) is 11.9 Å². The number of likely N-dealkylation sites (tertiary alicyclic amines) is 1. The summed E-state index contributed by atoms with van der Waals surface area (Å²) < 4.78 is 17.3. The summed E-state index contributed by atoms with van der Waals surface area (Å²) in [4.78, 5) is 19.1. The van der Waals surface area contributed by atoms with Crippen LogP contribution >= 0.6 is 0 Å². The van der Waals surface area contributed by atoms with Crippen molar-refractivity contribution < 1.29 is 18.8 Å². The predicted octanol–water partition coefficient (Wildman–Crippen LogP) is 2.13. The first kappa shape index (κ1) is 18.9. The second-order valence-corrected chi connectivity index (χ2v) is 6.87.